The third-order valence-electron chi connectivity index (χ3n) is 3.79. The zero-order valence-electron chi connectivity index (χ0n) is 11.8. The van der Waals surface area contributed by atoms with Crippen LogP contribution in [-0.4, -0.2) is 11.6 Å². The minimum Gasteiger partial charge on any atom is -0.493 e. The van der Waals surface area contributed by atoms with E-state index in [4.69, 9.17) is 10.6 Å². The minimum atomic E-state index is -0.0472. The number of hydrogen-bond acceptors (Lipinski definition) is 4. The molecule has 3 rings (SSSR count). The van der Waals surface area contributed by atoms with Crippen molar-refractivity contribution in [2.75, 3.05) is 6.61 Å². The van der Waals surface area contributed by atoms with Crippen LogP contribution in [0.1, 0.15) is 34.1 Å². The van der Waals surface area contributed by atoms with Gasteiger partial charge in [-0.05, 0) is 42.7 Å². The van der Waals surface area contributed by atoms with Gasteiger partial charge in [0.25, 0.3) is 0 Å². The molecule has 20 heavy (non-hydrogen) atoms. The molecule has 2 aromatic rings. The lowest BCUT2D eigenvalue weighted by atomic mass is 9.96. The predicted octanol–water partition coefficient (Wildman–Crippen LogP) is 2.19. The number of nitrogens with one attached hydrogen (secondary N) is 1. The first-order chi connectivity index (χ1) is 9.69. The van der Waals surface area contributed by atoms with Gasteiger partial charge in [-0.25, -0.2) is 5.43 Å². The Kier molecular flexibility index (Phi) is 3.42. The third-order valence-corrected chi connectivity index (χ3v) is 3.79. The number of nitrogens with zero attached hydrogens (tertiary/aromatic N) is 1. The summed E-state index contributed by atoms with van der Waals surface area (Å²) < 4.78 is 5.55. The molecule has 0 saturated heterocycles. The molecule has 1 atom stereocenters. The summed E-state index contributed by atoms with van der Waals surface area (Å²) in [7, 11) is 0. The van der Waals surface area contributed by atoms with Crippen LogP contribution in [0.5, 0.6) is 5.75 Å². The standard InChI is InChI=1S/C16H19N3O/c1-10-3-5-14(11(2)18-10)16(19-17)13-4-6-15-12(9-13)7-8-20-15/h3-6,9,16,19H,7-8,17H2,1-2H3. The van der Waals surface area contributed by atoms with Crippen molar-refractivity contribution in [1.82, 2.24) is 10.4 Å². The molecule has 0 saturated carbocycles. The number of hydrazine groups is 1. The van der Waals surface area contributed by atoms with Crippen molar-refractivity contribution >= 4 is 0 Å². The maximum atomic E-state index is 5.78. The fourth-order valence-corrected chi connectivity index (χ4v) is 2.75. The van der Waals surface area contributed by atoms with Crippen molar-refractivity contribution in [2.45, 2.75) is 26.3 Å². The number of hydrogen-bond donors (Lipinski definition) is 2. The molecule has 4 heteroatoms. The zero-order chi connectivity index (χ0) is 14.1. The van der Waals surface area contributed by atoms with Crippen LogP contribution >= 0.6 is 0 Å². The average Bonchev–Trinajstić information content (AvgIpc) is 2.89. The molecular formula is C16H19N3O. The summed E-state index contributed by atoms with van der Waals surface area (Å²) in [6.07, 6.45) is 0.964. The van der Waals surface area contributed by atoms with E-state index in [1.54, 1.807) is 0 Å². The Bertz CT molecular complexity index is 640. The lowest BCUT2D eigenvalue weighted by molar-refractivity contribution is 0.357. The van der Waals surface area contributed by atoms with E-state index >= 15 is 0 Å². The van der Waals surface area contributed by atoms with E-state index in [0.717, 1.165) is 41.3 Å². The van der Waals surface area contributed by atoms with Gasteiger partial charge in [-0.1, -0.05) is 18.2 Å². The average molecular weight is 269 g/mol. The predicted molar refractivity (Wildman–Crippen MR) is 78.5 cm³/mol. The Balaban J connectivity index is 2.01. The summed E-state index contributed by atoms with van der Waals surface area (Å²) in [5, 5.41) is 0. The Hall–Kier alpha value is -1.91. The molecule has 0 amide bonds. The maximum absolute atomic E-state index is 5.78. The second-order valence-corrected chi connectivity index (χ2v) is 5.19. The monoisotopic (exact) mass is 269 g/mol. The highest BCUT2D eigenvalue weighted by molar-refractivity contribution is 5.44. The fourth-order valence-electron chi connectivity index (χ4n) is 2.75. The van der Waals surface area contributed by atoms with Gasteiger partial charge in [-0.15, -0.1) is 0 Å². The van der Waals surface area contributed by atoms with Crippen molar-refractivity contribution in [3.05, 3.63) is 58.4 Å². The number of fused-ring (bicyclic) bond motifs is 1. The number of rotatable bonds is 3. The summed E-state index contributed by atoms with van der Waals surface area (Å²) in [5.41, 5.74) is 8.43. The lowest BCUT2D eigenvalue weighted by Gasteiger charge is -2.19. The summed E-state index contributed by atoms with van der Waals surface area (Å²) in [4.78, 5) is 4.52. The van der Waals surface area contributed by atoms with Gasteiger partial charge in [0.15, 0.2) is 0 Å². The van der Waals surface area contributed by atoms with Gasteiger partial charge in [0, 0.05) is 17.8 Å². The van der Waals surface area contributed by atoms with Gasteiger partial charge in [-0.2, -0.15) is 0 Å². The van der Waals surface area contributed by atoms with Gasteiger partial charge in [0.1, 0.15) is 5.75 Å². The van der Waals surface area contributed by atoms with E-state index in [-0.39, 0.29) is 6.04 Å². The first-order valence-electron chi connectivity index (χ1n) is 6.85. The number of pyridine rings is 1. The molecule has 1 aliphatic rings. The Morgan fingerprint density at radius 2 is 2.10 bits per heavy atom. The van der Waals surface area contributed by atoms with Gasteiger partial charge >= 0.3 is 0 Å². The van der Waals surface area contributed by atoms with E-state index in [2.05, 4.69) is 28.6 Å². The van der Waals surface area contributed by atoms with Gasteiger partial charge in [0.05, 0.1) is 12.6 Å². The normalized spacial score (nSPS) is 14.8. The maximum Gasteiger partial charge on any atom is 0.122 e. The number of aromatic nitrogens is 1. The van der Waals surface area contributed by atoms with Gasteiger partial charge in [0.2, 0.25) is 0 Å². The Labute approximate surface area is 119 Å². The van der Waals surface area contributed by atoms with Crippen LogP contribution in [0.2, 0.25) is 0 Å². The van der Waals surface area contributed by atoms with E-state index in [0.29, 0.717) is 0 Å². The first-order valence-corrected chi connectivity index (χ1v) is 6.85. The number of aryl methyl sites for hydroxylation is 2. The molecule has 3 N–H and O–H groups in total. The molecule has 104 valence electrons. The molecule has 2 heterocycles. The van der Waals surface area contributed by atoms with Crippen LogP contribution < -0.4 is 16.0 Å². The minimum absolute atomic E-state index is 0.0472. The van der Waals surface area contributed by atoms with Crippen LogP contribution in [0.3, 0.4) is 0 Å². The van der Waals surface area contributed by atoms with Gasteiger partial charge in [-0.3, -0.25) is 10.8 Å². The summed E-state index contributed by atoms with van der Waals surface area (Å²) >= 11 is 0. The van der Waals surface area contributed by atoms with E-state index in [9.17, 15) is 0 Å². The van der Waals surface area contributed by atoms with Crippen LogP contribution in [0.4, 0.5) is 0 Å². The molecular weight excluding hydrogens is 250 g/mol. The van der Waals surface area contributed by atoms with Crippen molar-refractivity contribution in [1.29, 1.82) is 0 Å². The van der Waals surface area contributed by atoms with Crippen molar-refractivity contribution in [3.63, 3.8) is 0 Å². The first kappa shape index (κ1) is 13.1. The van der Waals surface area contributed by atoms with Crippen LogP contribution in [0.15, 0.2) is 30.3 Å². The zero-order valence-corrected chi connectivity index (χ0v) is 11.8. The van der Waals surface area contributed by atoms with E-state index in [1.807, 2.05) is 26.0 Å². The number of benzene rings is 1. The third kappa shape index (κ3) is 2.28. The molecule has 1 unspecified atom stereocenters. The van der Waals surface area contributed by atoms with Gasteiger partial charge < -0.3 is 4.74 Å². The summed E-state index contributed by atoms with van der Waals surface area (Å²) in [6.45, 7) is 4.78. The smallest absolute Gasteiger partial charge is 0.122 e. The van der Waals surface area contributed by atoms with Crippen molar-refractivity contribution in [3.8, 4) is 5.75 Å². The van der Waals surface area contributed by atoms with Crippen molar-refractivity contribution < 1.29 is 4.74 Å². The molecule has 0 bridgehead atoms. The highest BCUT2D eigenvalue weighted by Crippen LogP contribution is 2.31. The SMILES string of the molecule is Cc1ccc(C(NN)c2ccc3c(c2)CCO3)c(C)n1. The summed E-state index contributed by atoms with van der Waals surface area (Å²) in [6, 6.07) is 10.3. The highest BCUT2D eigenvalue weighted by atomic mass is 16.5. The molecule has 1 aromatic carbocycles. The lowest BCUT2D eigenvalue weighted by Crippen LogP contribution is -2.29. The molecule has 0 aliphatic carbocycles. The van der Waals surface area contributed by atoms with Crippen LogP contribution in [0, 0.1) is 13.8 Å². The Morgan fingerprint density at radius 3 is 2.85 bits per heavy atom. The van der Waals surface area contributed by atoms with E-state index in [1.165, 1.54) is 5.56 Å². The second kappa shape index (κ2) is 5.23. The van der Waals surface area contributed by atoms with Crippen LogP contribution in [-0.2, 0) is 6.42 Å². The molecule has 0 spiro atoms. The number of nitrogens with two attached hydrogens (primary N) is 1. The molecule has 1 aromatic heterocycles. The Morgan fingerprint density at radius 1 is 1.25 bits per heavy atom. The quantitative estimate of drug-likeness (QED) is 0.662. The molecule has 1 aliphatic heterocycles. The summed E-state index contributed by atoms with van der Waals surface area (Å²) in [5.74, 6) is 6.77. The van der Waals surface area contributed by atoms with E-state index < -0.39 is 0 Å². The number of ether oxygens (including phenoxy) is 1. The fraction of sp³-hybridized carbons (Fsp3) is 0.312. The highest BCUT2D eigenvalue weighted by Gasteiger charge is 2.19. The van der Waals surface area contributed by atoms with Crippen molar-refractivity contribution in [2.24, 2.45) is 5.84 Å². The molecule has 0 radical (unpaired) electrons. The topological polar surface area (TPSA) is 60.2 Å². The van der Waals surface area contributed by atoms with Crippen LogP contribution in [0.25, 0.3) is 0 Å². The second-order valence-electron chi connectivity index (χ2n) is 5.19. The molecule has 0 fully saturated rings. The molecule has 4 nitrogen and oxygen atoms in total. The largest absolute Gasteiger partial charge is 0.493 e.